The average molecular weight is 246 g/mol. The van der Waals surface area contributed by atoms with Gasteiger partial charge in [0.15, 0.2) is 5.82 Å². The van der Waals surface area contributed by atoms with Crippen LogP contribution in [0.5, 0.6) is 0 Å². The second kappa shape index (κ2) is 5.69. The van der Waals surface area contributed by atoms with Gasteiger partial charge < -0.3 is 15.7 Å². The molecule has 0 aliphatic carbocycles. The number of nitrogens with two attached hydrogens (primary N) is 1. The molecule has 1 saturated heterocycles. The maximum atomic E-state index is 9.11. The van der Waals surface area contributed by atoms with Crippen LogP contribution in [0.3, 0.4) is 0 Å². The maximum absolute atomic E-state index is 9.11. The van der Waals surface area contributed by atoms with E-state index >= 15 is 0 Å². The van der Waals surface area contributed by atoms with E-state index < -0.39 is 0 Å². The third-order valence-electron chi connectivity index (χ3n) is 3.39. The fourth-order valence-electron chi connectivity index (χ4n) is 2.50. The minimum atomic E-state index is 0.178. The van der Waals surface area contributed by atoms with E-state index in [1.165, 1.54) is 6.42 Å². The third kappa shape index (κ3) is 2.54. The SMILES string of the molecule is N#Cc1cnc(N2CCCCC2CCO)c(N)c1. The molecule has 0 aromatic carbocycles. The molecule has 5 heteroatoms. The van der Waals surface area contributed by atoms with Crippen LogP contribution < -0.4 is 10.6 Å². The molecule has 3 N–H and O–H groups in total. The highest BCUT2D eigenvalue weighted by molar-refractivity contribution is 5.65. The number of nitriles is 1. The molecule has 0 bridgehead atoms. The van der Waals surface area contributed by atoms with Crippen LogP contribution >= 0.6 is 0 Å². The lowest BCUT2D eigenvalue weighted by molar-refractivity contribution is 0.262. The van der Waals surface area contributed by atoms with E-state index in [1.54, 1.807) is 12.3 Å². The first-order valence-corrected chi connectivity index (χ1v) is 6.29. The number of nitrogen functional groups attached to an aromatic ring is 1. The molecular weight excluding hydrogens is 228 g/mol. The predicted molar refractivity (Wildman–Crippen MR) is 70.1 cm³/mol. The third-order valence-corrected chi connectivity index (χ3v) is 3.39. The molecule has 2 rings (SSSR count). The van der Waals surface area contributed by atoms with Crippen LogP contribution in [0.4, 0.5) is 11.5 Å². The highest BCUT2D eigenvalue weighted by Gasteiger charge is 2.24. The van der Waals surface area contributed by atoms with Gasteiger partial charge in [-0.1, -0.05) is 0 Å². The van der Waals surface area contributed by atoms with E-state index in [0.717, 1.165) is 31.6 Å². The summed E-state index contributed by atoms with van der Waals surface area (Å²) in [5, 5.41) is 17.9. The number of hydrogen-bond acceptors (Lipinski definition) is 5. The summed E-state index contributed by atoms with van der Waals surface area (Å²) < 4.78 is 0. The summed E-state index contributed by atoms with van der Waals surface area (Å²) in [5.74, 6) is 0.743. The summed E-state index contributed by atoms with van der Waals surface area (Å²) in [4.78, 5) is 6.46. The summed E-state index contributed by atoms with van der Waals surface area (Å²) in [7, 11) is 0. The van der Waals surface area contributed by atoms with Crippen molar-refractivity contribution in [2.45, 2.75) is 31.7 Å². The Kier molecular flexibility index (Phi) is 4.00. The molecule has 0 amide bonds. The summed E-state index contributed by atoms with van der Waals surface area (Å²) >= 11 is 0. The first-order valence-electron chi connectivity index (χ1n) is 6.29. The molecule has 1 aromatic heterocycles. The Morgan fingerprint density at radius 2 is 2.39 bits per heavy atom. The van der Waals surface area contributed by atoms with Crippen LogP contribution in [0, 0.1) is 11.3 Å². The Hall–Kier alpha value is -1.80. The summed E-state index contributed by atoms with van der Waals surface area (Å²) in [6, 6.07) is 3.99. The van der Waals surface area contributed by atoms with Crippen molar-refractivity contribution in [1.82, 2.24) is 4.98 Å². The van der Waals surface area contributed by atoms with E-state index in [4.69, 9.17) is 16.1 Å². The van der Waals surface area contributed by atoms with Crippen molar-refractivity contribution < 1.29 is 5.11 Å². The van der Waals surface area contributed by atoms with E-state index in [2.05, 4.69) is 9.88 Å². The first kappa shape index (κ1) is 12.7. The van der Waals surface area contributed by atoms with Crippen molar-refractivity contribution in [2.24, 2.45) is 0 Å². The van der Waals surface area contributed by atoms with Gasteiger partial charge in [-0.25, -0.2) is 4.98 Å². The molecule has 2 heterocycles. The molecule has 0 radical (unpaired) electrons. The number of anilines is 2. The molecule has 1 atom stereocenters. The lowest BCUT2D eigenvalue weighted by atomic mass is 9.99. The number of hydrogen-bond donors (Lipinski definition) is 2. The van der Waals surface area contributed by atoms with E-state index in [9.17, 15) is 0 Å². The van der Waals surface area contributed by atoms with Crippen LogP contribution in [0.15, 0.2) is 12.3 Å². The minimum absolute atomic E-state index is 0.178. The number of aliphatic hydroxyl groups excluding tert-OH is 1. The van der Waals surface area contributed by atoms with E-state index in [-0.39, 0.29) is 6.61 Å². The van der Waals surface area contributed by atoms with Gasteiger partial charge >= 0.3 is 0 Å². The van der Waals surface area contributed by atoms with Crippen molar-refractivity contribution in [3.63, 3.8) is 0 Å². The zero-order chi connectivity index (χ0) is 13.0. The van der Waals surface area contributed by atoms with Gasteiger partial charge in [-0.05, 0) is 31.7 Å². The molecule has 1 aliphatic heterocycles. The van der Waals surface area contributed by atoms with Crippen molar-refractivity contribution in [3.8, 4) is 6.07 Å². The fourth-order valence-corrected chi connectivity index (χ4v) is 2.50. The number of nitrogens with zero attached hydrogens (tertiary/aromatic N) is 3. The van der Waals surface area contributed by atoms with Crippen LogP contribution in [-0.2, 0) is 0 Å². The van der Waals surface area contributed by atoms with Crippen LogP contribution in [0.25, 0.3) is 0 Å². The van der Waals surface area contributed by atoms with E-state index in [0.29, 0.717) is 17.3 Å². The molecule has 0 saturated carbocycles. The molecule has 1 fully saturated rings. The highest BCUT2D eigenvalue weighted by Crippen LogP contribution is 2.29. The van der Waals surface area contributed by atoms with Crippen molar-refractivity contribution in [1.29, 1.82) is 5.26 Å². The number of aromatic nitrogens is 1. The standard InChI is InChI=1S/C13H18N4O/c14-8-10-7-12(15)13(16-9-10)17-5-2-1-3-11(17)4-6-18/h7,9,11,18H,1-6,15H2. The molecule has 18 heavy (non-hydrogen) atoms. The number of pyridine rings is 1. The Balaban J connectivity index is 2.25. The Morgan fingerprint density at radius 3 is 3.06 bits per heavy atom. The number of aliphatic hydroxyl groups is 1. The molecule has 1 aliphatic rings. The van der Waals surface area contributed by atoms with Gasteiger partial charge in [-0.3, -0.25) is 0 Å². The van der Waals surface area contributed by atoms with Crippen LogP contribution in [0.1, 0.15) is 31.2 Å². The largest absolute Gasteiger partial charge is 0.396 e. The Bertz CT molecular complexity index is 453. The van der Waals surface area contributed by atoms with Gasteiger partial charge in [0.2, 0.25) is 0 Å². The molecule has 96 valence electrons. The van der Waals surface area contributed by atoms with Crippen LogP contribution in [0.2, 0.25) is 0 Å². The predicted octanol–water partition coefficient (Wildman–Crippen LogP) is 1.28. The lowest BCUT2D eigenvalue weighted by Gasteiger charge is -2.37. The second-order valence-electron chi connectivity index (χ2n) is 4.60. The van der Waals surface area contributed by atoms with Gasteiger partial charge in [0.25, 0.3) is 0 Å². The smallest absolute Gasteiger partial charge is 0.152 e. The summed E-state index contributed by atoms with van der Waals surface area (Å²) in [6.07, 6.45) is 5.64. The van der Waals surface area contributed by atoms with Crippen molar-refractivity contribution in [2.75, 3.05) is 23.8 Å². The zero-order valence-electron chi connectivity index (χ0n) is 10.3. The molecule has 1 unspecified atom stereocenters. The van der Waals surface area contributed by atoms with Gasteiger partial charge in [0.1, 0.15) is 6.07 Å². The fraction of sp³-hybridized carbons (Fsp3) is 0.538. The molecule has 1 aromatic rings. The molecule has 0 spiro atoms. The van der Waals surface area contributed by atoms with E-state index in [1.807, 2.05) is 6.07 Å². The zero-order valence-corrected chi connectivity index (χ0v) is 10.3. The highest BCUT2D eigenvalue weighted by atomic mass is 16.3. The second-order valence-corrected chi connectivity index (χ2v) is 4.60. The number of rotatable bonds is 3. The quantitative estimate of drug-likeness (QED) is 0.839. The molecular formula is C13H18N4O. The van der Waals surface area contributed by atoms with Gasteiger partial charge in [0.05, 0.1) is 11.3 Å². The maximum Gasteiger partial charge on any atom is 0.152 e. The molecule has 5 nitrogen and oxygen atoms in total. The normalized spacial score (nSPS) is 19.6. The van der Waals surface area contributed by atoms with Gasteiger partial charge in [0, 0.05) is 25.4 Å². The lowest BCUT2D eigenvalue weighted by Crippen LogP contribution is -2.41. The Labute approximate surface area is 107 Å². The summed E-state index contributed by atoms with van der Waals surface area (Å²) in [5.41, 5.74) is 6.99. The Morgan fingerprint density at radius 1 is 1.56 bits per heavy atom. The van der Waals surface area contributed by atoms with Crippen LogP contribution in [-0.4, -0.2) is 29.3 Å². The van der Waals surface area contributed by atoms with Crippen molar-refractivity contribution >= 4 is 11.5 Å². The monoisotopic (exact) mass is 246 g/mol. The average Bonchev–Trinajstić information content (AvgIpc) is 2.40. The summed E-state index contributed by atoms with van der Waals surface area (Å²) in [6.45, 7) is 1.09. The minimum Gasteiger partial charge on any atom is -0.396 e. The van der Waals surface area contributed by atoms with Gasteiger partial charge in [-0.15, -0.1) is 0 Å². The number of piperidine rings is 1. The first-order chi connectivity index (χ1) is 8.76. The topological polar surface area (TPSA) is 86.2 Å². The van der Waals surface area contributed by atoms with Gasteiger partial charge in [-0.2, -0.15) is 5.26 Å². The van der Waals surface area contributed by atoms with Crippen molar-refractivity contribution in [3.05, 3.63) is 17.8 Å².